The summed E-state index contributed by atoms with van der Waals surface area (Å²) in [7, 11) is 1.67. The summed E-state index contributed by atoms with van der Waals surface area (Å²) in [5, 5.41) is 2.36. The van der Waals surface area contributed by atoms with Crippen molar-refractivity contribution in [1.82, 2.24) is 4.98 Å². The first kappa shape index (κ1) is 13.3. The number of ether oxygens (including phenoxy) is 1. The van der Waals surface area contributed by atoms with Crippen molar-refractivity contribution in [1.29, 1.82) is 0 Å². The zero-order valence-corrected chi connectivity index (χ0v) is 12.9. The van der Waals surface area contributed by atoms with Crippen molar-refractivity contribution in [3.05, 3.63) is 29.3 Å². The van der Waals surface area contributed by atoms with Crippen LogP contribution in [-0.2, 0) is 6.42 Å². The van der Waals surface area contributed by atoms with E-state index in [0.717, 1.165) is 28.1 Å². The van der Waals surface area contributed by atoms with Gasteiger partial charge in [-0.2, -0.15) is 0 Å². The number of aromatic nitrogens is 1. The molecule has 0 bridgehead atoms. The maximum Gasteiger partial charge on any atom is 0.145 e. The van der Waals surface area contributed by atoms with Gasteiger partial charge in [-0.1, -0.05) is 23.9 Å². The smallest absolute Gasteiger partial charge is 0.145 e. The summed E-state index contributed by atoms with van der Waals surface area (Å²) in [6.45, 7) is 2.13. The number of benzene rings is 1. The third-order valence-corrected chi connectivity index (χ3v) is 5.71. The second-order valence-corrected chi connectivity index (χ2v) is 6.96. The number of fused-ring (bicyclic) bond motifs is 2. The summed E-state index contributed by atoms with van der Waals surface area (Å²) in [4.78, 5) is 4.37. The van der Waals surface area contributed by atoms with E-state index in [1.807, 2.05) is 12.1 Å². The van der Waals surface area contributed by atoms with Crippen LogP contribution in [0.15, 0.2) is 23.2 Å². The number of thioether (sulfide) groups is 1. The molecule has 3 rings (SSSR count). The Morgan fingerprint density at radius 1 is 1.42 bits per heavy atom. The van der Waals surface area contributed by atoms with Gasteiger partial charge in [0, 0.05) is 10.6 Å². The molecular weight excluding hydrogens is 301 g/mol. The second-order valence-electron chi connectivity index (χ2n) is 4.57. The van der Waals surface area contributed by atoms with Crippen molar-refractivity contribution in [3.8, 4) is 5.75 Å². The summed E-state index contributed by atoms with van der Waals surface area (Å²) < 4.78 is 5.39. The fourth-order valence-corrected chi connectivity index (χ4v) is 4.11. The molecule has 0 spiro atoms. The minimum atomic E-state index is -0.372. The topological polar surface area (TPSA) is 22.1 Å². The van der Waals surface area contributed by atoms with Gasteiger partial charge in [0.25, 0.3) is 0 Å². The molecule has 2 nitrogen and oxygen atoms in total. The number of pyridine rings is 1. The van der Waals surface area contributed by atoms with Gasteiger partial charge >= 0.3 is 0 Å². The van der Waals surface area contributed by atoms with Gasteiger partial charge in [-0.15, -0.1) is 23.2 Å². The number of hydrogen-bond donors (Lipinski definition) is 0. The van der Waals surface area contributed by atoms with E-state index in [1.54, 1.807) is 18.9 Å². The minimum Gasteiger partial charge on any atom is -0.494 e. The fourth-order valence-electron chi connectivity index (χ4n) is 2.46. The maximum atomic E-state index is 6.01. The Morgan fingerprint density at radius 3 is 2.89 bits per heavy atom. The molecule has 100 valence electrons. The molecule has 19 heavy (non-hydrogen) atoms. The second kappa shape index (κ2) is 5.04. The van der Waals surface area contributed by atoms with E-state index < -0.39 is 0 Å². The lowest BCUT2D eigenvalue weighted by Crippen LogP contribution is -2.10. The highest BCUT2D eigenvalue weighted by Gasteiger charge is 2.30. The van der Waals surface area contributed by atoms with Crippen LogP contribution in [0.5, 0.6) is 5.75 Å². The van der Waals surface area contributed by atoms with E-state index in [9.17, 15) is 0 Å². The number of methoxy groups -OCH3 is 1. The predicted molar refractivity (Wildman–Crippen MR) is 81.9 cm³/mol. The van der Waals surface area contributed by atoms with E-state index in [2.05, 4.69) is 13.0 Å². The van der Waals surface area contributed by atoms with Crippen molar-refractivity contribution in [2.45, 2.75) is 28.5 Å². The fraction of sp³-hybridized carbons (Fsp3) is 0.357. The first-order valence-electron chi connectivity index (χ1n) is 6.03. The molecule has 1 atom stereocenters. The Labute approximate surface area is 126 Å². The van der Waals surface area contributed by atoms with Gasteiger partial charge in [0.15, 0.2) is 0 Å². The third kappa shape index (κ3) is 2.18. The van der Waals surface area contributed by atoms with Crippen molar-refractivity contribution in [2.75, 3.05) is 7.11 Å². The van der Waals surface area contributed by atoms with E-state index in [0.29, 0.717) is 0 Å². The Morgan fingerprint density at radius 2 is 2.21 bits per heavy atom. The molecule has 0 aliphatic carbocycles. The Kier molecular flexibility index (Phi) is 3.54. The molecule has 2 heterocycles. The minimum absolute atomic E-state index is 0.187. The van der Waals surface area contributed by atoms with Crippen molar-refractivity contribution in [3.63, 3.8) is 0 Å². The van der Waals surface area contributed by atoms with Gasteiger partial charge in [-0.25, -0.2) is 4.98 Å². The van der Waals surface area contributed by atoms with Crippen LogP contribution in [0.25, 0.3) is 10.9 Å². The van der Waals surface area contributed by atoms with Crippen LogP contribution in [0, 0.1) is 6.92 Å². The van der Waals surface area contributed by atoms with Crippen LogP contribution < -0.4 is 4.74 Å². The van der Waals surface area contributed by atoms with Gasteiger partial charge in [-0.3, -0.25) is 0 Å². The molecule has 1 aromatic heterocycles. The van der Waals surface area contributed by atoms with E-state index in [4.69, 9.17) is 32.9 Å². The number of para-hydroxylation sites is 1. The zero-order valence-electron chi connectivity index (χ0n) is 10.6. The molecule has 0 saturated carbocycles. The lowest BCUT2D eigenvalue weighted by Gasteiger charge is -2.10. The van der Waals surface area contributed by atoms with Crippen molar-refractivity contribution >= 4 is 45.9 Å². The maximum absolute atomic E-state index is 6.01. The molecule has 0 fully saturated rings. The van der Waals surface area contributed by atoms with Crippen LogP contribution in [0.3, 0.4) is 0 Å². The Balaban J connectivity index is 2.20. The van der Waals surface area contributed by atoms with Crippen LogP contribution in [0.4, 0.5) is 0 Å². The van der Waals surface area contributed by atoms with Crippen LogP contribution in [-0.4, -0.2) is 22.2 Å². The zero-order chi connectivity index (χ0) is 13.6. The number of aryl methyl sites for hydroxylation is 1. The molecule has 0 N–H and O–H groups in total. The molecule has 2 aromatic rings. The number of hydrogen-bond acceptors (Lipinski definition) is 3. The average Bonchev–Trinajstić information content (AvgIpc) is 2.83. The van der Waals surface area contributed by atoms with E-state index in [-0.39, 0.29) is 10.1 Å². The SMILES string of the molecule is COc1cccc2c(C)c3c(nc12)S[C@@H](C(Cl)Cl)C3. The number of nitrogens with zero attached hydrogens (tertiary/aromatic N) is 1. The summed E-state index contributed by atoms with van der Waals surface area (Å²) in [6.07, 6.45) is 0.879. The van der Waals surface area contributed by atoms with Crippen LogP contribution >= 0.6 is 35.0 Å². The Bertz CT molecular complexity index is 645. The van der Waals surface area contributed by atoms with Gasteiger partial charge in [-0.05, 0) is 30.5 Å². The lowest BCUT2D eigenvalue weighted by atomic mass is 10.0. The van der Waals surface area contributed by atoms with Crippen molar-refractivity contribution in [2.24, 2.45) is 0 Å². The molecule has 1 aromatic carbocycles. The molecule has 0 unspecified atom stereocenters. The first-order valence-corrected chi connectivity index (χ1v) is 7.78. The predicted octanol–water partition coefficient (Wildman–Crippen LogP) is 4.37. The third-order valence-electron chi connectivity index (χ3n) is 3.50. The molecular formula is C14H13Cl2NOS. The van der Waals surface area contributed by atoms with E-state index in [1.165, 1.54) is 11.1 Å². The quantitative estimate of drug-likeness (QED) is 0.768. The largest absolute Gasteiger partial charge is 0.494 e. The highest BCUT2D eigenvalue weighted by Crippen LogP contribution is 2.43. The number of halogens is 2. The lowest BCUT2D eigenvalue weighted by molar-refractivity contribution is 0.418. The standard InChI is InChI=1S/C14H13Cl2NOS/c1-7-8-4-3-5-10(18-2)12(8)17-14-9(7)6-11(19-14)13(15)16/h3-5,11,13H,6H2,1-2H3/t11-/m1/s1. The summed E-state index contributed by atoms with van der Waals surface area (Å²) >= 11 is 13.7. The molecule has 0 radical (unpaired) electrons. The van der Waals surface area contributed by atoms with Crippen LogP contribution in [0.2, 0.25) is 0 Å². The van der Waals surface area contributed by atoms with Gasteiger partial charge < -0.3 is 4.74 Å². The monoisotopic (exact) mass is 313 g/mol. The number of alkyl halides is 2. The van der Waals surface area contributed by atoms with Crippen molar-refractivity contribution < 1.29 is 4.74 Å². The van der Waals surface area contributed by atoms with Gasteiger partial charge in [0.05, 0.1) is 7.11 Å². The molecule has 0 saturated heterocycles. The summed E-state index contributed by atoms with van der Waals surface area (Å²) in [6, 6.07) is 6.01. The highest BCUT2D eigenvalue weighted by molar-refractivity contribution is 8.00. The summed E-state index contributed by atoms with van der Waals surface area (Å²) in [5.74, 6) is 0.806. The summed E-state index contributed by atoms with van der Waals surface area (Å²) in [5.41, 5.74) is 3.43. The molecule has 1 aliphatic rings. The Hall–Kier alpha value is -0.640. The van der Waals surface area contributed by atoms with Gasteiger partial charge in [0.1, 0.15) is 21.1 Å². The first-order chi connectivity index (χ1) is 9.11. The van der Waals surface area contributed by atoms with Crippen LogP contribution in [0.1, 0.15) is 11.1 Å². The average molecular weight is 314 g/mol. The molecule has 0 amide bonds. The molecule has 1 aliphatic heterocycles. The van der Waals surface area contributed by atoms with Gasteiger partial charge in [0.2, 0.25) is 0 Å². The van der Waals surface area contributed by atoms with E-state index >= 15 is 0 Å². The normalized spacial score (nSPS) is 18.1. The number of rotatable bonds is 2. The highest BCUT2D eigenvalue weighted by atomic mass is 35.5. The molecule has 5 heteroatoms.